The highest BCUT2D eigenvalue weighted by atomic mass is 32.2. The molecule has 3 aromatic rings. The van der Waals surface area contributed by atoms with E-state index in [9.17, 15) is 17.6 Å². The number of halogens is 1. The van der Waals surface area contributed by atoms with Crippen molar-refractivity contribution in [3.8, 4) is 0 Å². The summed E-state index contributed by atoms with van der Waals surface area (Å²) < 4.78 is 41.6. The van der Waals surface area contributed by atoms with Crippen molar-refractivity contribution in [2.75, 3.05) is 16.2 Å². The molecule has 0 saturated carbocycles. The molecule has 1 N–H and O–H groups in total. The highest BCUT2D eigenvalue weighted by Gasteiger charge is 2.26. The van der Waals surface area contributed by atoms with Crippen molar-refractivity contribution in [2.45, 2.75) is 24.7 Å². The van der Waals surface area contributed by atoms with Crippen LogP contribution in [-0.4, -0.2) is 20.9 Å². The van der Waals surface area contributed by atoms with Gasteiger partial charge < -0.3 is 4.90 Å². The van der Waals surface area contributed by atoms with E-state index in [-0.39, 0.29) is 10.8 Å². The van der Waals surface area contributed by atoms with Crippen LogP contribution in [-0.2, 0) is 16.4 Å². The molecule has 0 bridgehead atoms. The Bertz CT molecular complexity index is 1210. The zero-order chi connectivity index (χ0) is 21.3. The normalized spacial score (nSPS) is 13.6. The van der Waals surface area contributed by atoms with Crippen LogP contribution >= 0.6 is 0 Å². The molecule has 1 amide bonds. The first-order valence-electron chi connectivity index (χ1n) is 9.64. The summed E-state index contributed by atoms with van der Waals surface area (Å²) in [4.78, 5) is 14.7. The van der Waals surface area contributed by atoms with Crippen LogP contribution in [0.4, 0.5) is 15.8 Å². The van der Waals surface area contributed by atoms with Gasteiger partial charge in [-0.3, -0.25) is 9.52 Å². The third-order valence-corrected chi connectivity index (χ3v) is 6.57. The predicted molar refractivity (Wildman–Crippen MR) is 115 cm³/mol. The Morgan fingerprint density at radius 2 is 1.77 bits per heavy atom. The maximum atomic E-state index is 13.2. The highest BCUT2D eigenvalue weighted by Crippen LogP contribution is 2.31. The Labute approximate surface area is 175 Å². The summed E-state index contributed by atoms with van der Waals surface area (Å²) in [6, 6.07) is 17.4. The lowest BCUT2D eigenvalue weighted by Gasteiger charge is -2.30. The summed E-state index contributed by atoms with van der Waals surface area (Å²) in [7, 11) is -3.76. The minimum absolute atomic E-state index is 0.153. The lowest BCUT2D eigenvalue weighted by Crippen LogP contribution is -2.35. The van der Waals surface area contributed by atoms with Gasteiger partial charge in [0.05, 0.1) is 10.6 Å². The fourth-order valence-corrected chi connectivity index (χ4v) is 4.77. The molecule has 154 valence electrons. The topological polar surface area (TPSA) is 66.5 Å². The van der Waals surface area contributed by atoms with Gasteiger partial charge in [-0.2, -0.15) is 0 Å². The van der Waals surface area contributed by atoms with Gasteiger partial charge in [0.2, 0.25) is 0 Å². The number of anilines is 2. The maximum Gasteiger partial charge on any atom is 0.261 e. The van der Waals surface area contributed by atoms with Gasteiger partial charge in [0, 0.05) is 17.8 Å². The monoisotopic (exact) mass is 424 g/mol. The number of fused-ring (bicyclic) bond motifs is 1. The van der Waals surface area contributed by atoms with Gasteiger partial charge in [-0.25, -0.2) is 12.8 Å². The van der Waals surface area contributed by atoms with E-state index in [0.29, 0.717) is 36.3 Å². The Hall–Kier alpha value is -3.19. The van der Waals surface area contributed by atoms with E-state index in [4.69, 9.17) is 0 Å². The summed E-state index contributed by atoms with van der Waals surface area (Å²) in [5, 5.41) is 0. The molecule has 0 saturated heterocycles. The molecule has 3 aromatic carbocycles. The van der Waals surface area contributed by atoms with Crippen molar-refractivity contribution in [1.29, 1.82) is 0 Å². The zero-order valence-corrected chi connectivity index (χ0v) is 17.2. The molecule has 0 spiro atoms. The standard InChI is InChI=1S/C23H21FN2O3S/c1-16-5-2-3-7-21(16)25-30(28,29)20-12-13-22-18(15-20)6-4-14-26(22)23(27)17-8-10-19(24)11-9-17/h2-3,5,7-13,15,25H,4,6,14H2,1H3. The molecule has 0 radical (unpaired) electrons. The molecule has 4 rings (SSSR count). The van der Waals surface area contributed by atoms with Crippen molar-refractivity contribution in [2.24, 2.45) is 0 Å². The molecular formula is C23H21FN2O3S. The SMILES string of the molecule is Cc1ccccc1NS(=O)(=O)c1ccc2c(c1)CCCN2C(=O)c1ccc(F)cc1. The van der Waals surface area contributed by atoms with Gasteiger partial charge in [-0.05, 0) is 79.4 Å². The van der Waals surface area contributed by atoms with Crippen LogP contribution in [0.1, 0.15) is 27.9 Å². The van der Waals surface area contributed by atoms with E-state index in [1.54, 1.807) is 29.2 Å². The van der Waals surface area contributed by atoms with Crippen LogP contribution in [0, 0.1) is 12.7 Å². The highest BCUT2D eigenvalue weighted by molar-refractivity contribution is 7.92. The van der Waals surface area contributed by atoms with Crippen molar-refractivity contribution in [3.05, 3.63) is 89.2 Å². The molecule has 0 atom stereocenters. The summed E-state index contributed by atoms with van der Waals surface area (Å²) >= 11 is 0. The molecule has 1 aliphatic heterocycles. The van der Waals surface area contributed by atoms with Crippen LogP contribution in [0.25, 0.3) is 0 Å². The van der Waals surface area contributed by atoms with E-state index in [2.05, 4.69) is 4.72 Å². The second-order valence-corrected chi connectivity index (χ2v) is 8.96. The third-order valence-electron chi connectivity index (χ3n) is 5.21. The number of nitrogens with one attached hydrogen (secondary N) is 1. The summed E-state index contributed by atoms with van der Waals surface area (Å²) in [5.41, 5.74) is 3.23. The quantitative estimate of drug-likeness (QED) is 0.669. The van der Waals surface area contributed by atoms with Crippen LogP contribution in [0.2, 0.25) is 0 Å². The van der Waals surface area contributed by atoms with Crippen LogP contribution in [0.5, 0.6) is 0 Å². The van der Waals surface area contributed by atoms with E-state index < -0.39 is 15.8 Å². The molecule has 1 aliphatic rings. The fraction of sp³-hybridized carbons (Fsp3) is 0.174. The number of carbonyl (C=O) groups is 1. The van der Waals surface area contributed by atoms with Gasteiger partial charge in [0.15, 0.2) is 0 Å². The van der Waals surface area contributed by atoms with Gasteiger partial charge >= 0.3 is 0 Å². The number of amides is 1. The number of aryl methyl sites for hydroxylation is 2. The van der Waals surface area contributed by atoms with E-state index >= 15 is 0 Å². The molecule has 5 nitrogen and oxygen atoms in total. The second kappa shape index (κ2) is 7.91. The van der Waals surface area contributed by atoms with E-state index in [1.807, 2.05) is 19.1 Å². The van der Waals surface area contributed by atoms with Crippen LogP contribution in [0.3, 0.4) is 0 Å². The number of nitrogens with zero attached hydrogens (tertiary/aromatic N) is 1. The molecule has 1 heterocycles. The Morgan fingerprint density at radius 1 is 1.03 bits per heavy atom. The van der Waals surface area contributed by atoms with Crippen molar-refractivity contribution >= 4 is 27.3 Å². The van der Waals surface area contributed by atoms with Crippen molar-refractivity contribution < 1.29 is 17.6 Å². The lowest BCUT2D eigenvalue weighted by molar-refractivity contribution is 0.0985. The first-order valence-corrected chi connectivity index (χ1v) is 11.1. The summed E-state index contributed by atoms with van der Waals surface area (Å²) in [5.74, 6) is -0.633. The molecule has 30 heavy (non-hydrogen) atoms. The first kappa shape index (κ1) is 20.1. The number of benzene rings is 3. The minimum atomic E-state index is -3.76. The maximum absolute atomic E-state index is 13.2. The van der Waals surface area contributed by atoms with Gasteiger partial charge in [0.1, 0.15) is 5.82 Å². The average Bonchev–Trinajstić information content (AvgIpc) is 2.74. The Balaban J connectivity index is 1.64. The van der Waals surface area contributed by atoms with Gasteiger partial charge in [-0.1, -0.05) is 18.2 Å². The Morgan fingerprint density at radius 3 is 2.50 bits per heavy atom. The smallest absolute Gasteiger partial charge is 0.261 e. The molecular weight excluding hydrogens is 403 g/mol. The predicted octanol–water partition coefficient (Wildman–Crippen LogP) is 4.53. The second-order valence-electron chi connectivity index (χ2n) is 7.28. The van der Waals surface area contributed by atoms with E-state index in [1.165, 1.54) is 30.3 Å². The van der Waals surface area contributed by atoms with Gasteiger partial charge in [-0.15, -0.1) is 0 Å². The third kappa shape index (κ3) is 3.93. The van der Waals surface area contributed by atoms with Crippen molar-refractivity contribution in [1.82, 2.24) is 0 Å². The number of hydrogen-bond donors (Lipinski definition) is 1. The molecule has 0 unspecified atom stereocenters. The van der Waals surface area contributed by atoms with Gasteiger partial charge in [0.25, 0.3) is 15.9 Å². The number of hydrogen-bond acceptors (Lipinski definition) is 3. The fourth-order valence-electron chi connectivity index (χ4n) is 3.59. The molecule has 0 aromatic heterocycles. The number of rotatable bonds is 4. The molecule has 7 heteroatoms. The zero-order valence-electron chi connectivity index (χ0n) is 16.4. The van der Waals surface area contributed by atoms with Crippen molar-refractivity contribution in [3.63, 3.8) is 0 Å². The Kier molecular flexibility index (Phi) is 5.30. The number of carbonyl (C=O) groups excluding carboxylic acids is 1. The minimum Gasteiger partial charge on any atom is -0.308 e. The van der Waals surface area contributed by atoms with E-state index in [0.717, 1.165) is 11.1 Å². The number of sulfonamides is 1. The summed E-state index contributed by atoms with van der Waals surface area (Å²) in [6.07, 6.45) is 1.39. The van der Waals surface area contributed by atoms with Crippen LogP contribution in [0.15, 0.2) is 71.6 Å². The molecule has 0 fully saturated rings. The molecule has 0 aliphatic carbocycles. The first-order chi connectivity index (χ1) is 14.3. The van der Waals surface area contributed by atoms with Crippen LogP contribution < -0.4 is 9.62 Å². The average molecular weight is 424 g/mol. The lowest BCUT2D eigenvalue weighted by atomic mass is 10.0. The largest absolute Gasteiger partial charge is 0.308 e. The summed E-state index contributed by atoms with van der Waals surface area (Å²) in [6.45, 7) is 2.36. The number of para-hydroxylation sites is 1.